The molecule has 1 aromatic heterocycles. The Bertz CT molecular complexity index is 832. The lowest BCUT2D eigenvalue weighted by Gasteiger charge is -2.26. The number of nitrogens with zero attached hydrogens (tertiary/aromatic N) is 3. The molecule has 1 atom stereocenters. The zero-order valence-electron chi connectivity index (χ0n) is 17.0. The minimum Gasteiger partial charge on any atom is -0.376 e. The van der Waals surface area contributed by atoms with E-state index in [2.05, 4.69) is 10.3 Å². The van der Waals surface area contributed by atoms with Crippen molar-refractivity contribution in [2.75, 3.05) is 19.7 Å². The summed E-state index contributed by atoms with van der Waals surface area (Å²) in [5, 5.41) is 2.86. The zero-order chi connectivity index (χ0) is 21.6. The van der Waals surface area contributed by atoms with Gasteiger partial charge in [-0.05, 0) is 30.9 Å². The number of amides is 2. The average Bonchev–Trinajstić information content (AvgIpc) is 3.37. The van der Waals surface area contributed by atoms with E-state index >= 15 is 0 Å². The molecule has 1 unspecified atom stereocenters. The molecule has 2 heterocycles. The molecule has 0 spiro atoms. The molecule has 1 fully saturated rings. The highest BCUT2D eigenvalue weighted by Gasteiger charge is 2.33. The van der Waals surface area contributed by atoms with Gasteiger partial charge in [-0.15, -0.1) is 0 Å². The van der Waals surface area contributed by atoms with Gasteiger partial charge in [-0.25, -0.2) is 9.78 Å². The van der Waals surface area contributed by atoms with Crippen LogP contribution in [-0.4, -0.2) is 46.3 Å². The summed E-state index contributed by atoms with van der Waals surface area (Å²) in [5.41, 5.74) is -0.507. The Kier molecular flexibility index (Phi) is 7.36. The van der Waals surface area contributed by atoms with Gasteiger partial charge in [-0.1, -0.05) is 25.1 Å². The lowest BCUT2D eigenvalue weighted by Crippen LogP contribution is -2.44. The van der Waals surface area contributed by atoms with Crippen LogP contribution >= 0.6 is 0 Å². The number of alkyl halides is 3. The second-order valence-electron chi connectivity index (χ2n) is 7.37. The predicted molar refractivity (Wildman–Crippen MR) is 106 cm³/mol. The molecule has 2 aromatic rings. The zero-order valence-corrected chi connectivity index (χ0v) is 17.0. The first-order valence-corrected chi connectivity index (χ1v) is 10.2. The molecule has 0 aliphatic carbocycles. The number of benzene rings is 1. The van der Waals surface area contributed by atoms with E-state index in [1.165, 1.54) is 12.1 Å². The molecule has 9 heteroatoms. The van der Waals surface area contributed by atoms with Crippen LogP contribution in [0, 0.1) is 0 Å². The highest BCUT2D eigenvalue weighted by Crippen LogP contribution is 2.32. The fraction of sp³-hybridized carbons (Fsp3) is 0.524. The third-order valence-electron chi connectivity index (χ3n) is 5.06. The number of halogens is 3. The highest BCUT2D eigenvalue weighted by molar-refractivity contribution is 5.74. The lowest BCUT2D eigenvalue weighted by atomic mass is 10.1. The van der Waals surface area contributed by atoms with Crippen LogP contribution in [0.1, 0.15) is 43.1 Å². The van der Waals surface area contributed by atoms with Crippen LogP contribution in [0.4, 0.5) is 18.0 Å². The molecule has 0 saturated carbocycles. The van der Waals surface area contributed by atoms with Crippen molar-refractivity contribution in [3.63, 3.8) is 0 Å². The van der Waals surface area contributed by atoms with Gasteiger partial charge in [0.1, 0.15) is 5.82 Å². The highest BCUT2D eigenvalue weighted by atomic mass is 19.4. The molecular weight excluding hydrogens is 397 g/mol. The second-order valence-corrected chi connectivity index (χ2v) is 7.37. The van der Waals surface area contributed by atoms with Gasteiger partial charge in [0.25, 0.3) is 0 Å². The number of imidazole rings is 1. The maximum absolute atomic E-state index is 13.3. The van der Waals surface area contributed by atoms with Gasteiger partial charge in [0.05, 0.1) is 18.2 Å². The Hall–Kier alpha value is -2.55. The van der Waals surface area contributed by atoms with Crippen molar-refractivity contribution in [1.29, 1.82) is 0 Å². The van der Waals surface area contributed by atoms with Gasteiger partial charge >= 0.3 is 12.2 Å². The minimum absolute atomic E-state index is 0.0232. The molecule has 1 aliphatic rings. The van der Waals surface area contributed by atoms with Crippen molar-refractivity contribution in [3.8, 4) is 0 Å². The summed E-state index contributed by atoms with van der Waals surface area (Å²) in [4.78, 5) is 18.6. The van der Waals surface area contributed by atoms with Crippen LogP contribution in [0.3, 0.4) is 0 Å². The van der Waals surface area contributed by atoms with Crippen molar-refractivity contribution in [1.82, 2.24) is 19.8 Å². The van der Waals surface area contributed by atoms with Crippen LogP contribution in [0.25, 0.3) is 0 Å². The Morgan fingerprint density at radius 2 is 2.17 bits per heavy atom. The Balaban J connectivity index is 1.77. The van der Waals surface area contributed by atoms with Crippen molar-refractivity contribution >= 4 is 6.03 Å². The third kappa shape index (κ3) is 5.75. The molecule has 1 aromatic carbocycles. The molecule has 164 valence electrons. The number of rotatable bonds is 8. The molecule has 3 rings (SSSR count). The van der Waals surface area contributed by atoms with E-state index in [1.54, 1.807) is 27.9 Å². The van der Waals surface area contributed by atoms with Crippen molar-refractivity contribution in [2.45, 2.75) is 51.6 Å². The maximum Gasteiger partial charge on any atom is 0.416 e. The van der Waals surface area contributed by atoms with Gasteiger partial charge in [-0.3, -0.25) is 0 Å². The van der Waals surface area contributed by atoms with E-state index in [0.717, 1.165) is 25.3 Å². The number of ether oxygens (including phenoxy) is 1. The van der Waals surface area contributed by atoms with Crippen LogP contribution < -0.4 is 5.32 Å². The largest absolute Gasteiger partial charge is 0.416 e. The van der Waals surface area contributed by atoms with Gasteiger partial charge in [0.2, 0.25) is 0 Å². The number of nitrogens with one attached hydrogen (secondary N) is 1. The number of carbonyl (C=O) groups is 1. The summed E-state index contributed by atoms with van der Waals surface area (Å²) in [7, 11) is 0. The quantitative estimate of drug-likeness (QED) is 0.696. The van der Waals surface area contributed by atoms with Crippen molar-refractivity contribution in [2.24, 2.45) is 0 Å². The molecule has 1 N–H and O–H groups in total. The van der Waals surface area contributed by atoms with Crippen LogP contribution in [0.15, 0.2) is 36.7 Å². The van der Waals surface area contributed by atoms with E-state index in [0.29, 0.717) is 25.5 Å². The molecule has 6 nitrogen and oxygen atoms in total. The molecular formula is C21H27F3N4O2. The Labute approximate surface area is 174 Å². The second kappa shape index (κ2) is 9.97. The van der Waals surface area contributed by atoms with E-state index in [9.17, 15) is 18.0 Å². The summed E-state index contributed by atoms with van der Waals surface area (Å²) in [6.07, 6.45) is 1.36. The average molecular weight is 424 g/mol. The summed E-state index contributed by atoms with van der Waals surface area (Å²) < 4.78 is 47.3. The maximum atomic E-state index is 13.3. The van der Waals surface area contributed by atoms with Gasteiger partial charge in [0.15, 0.2) is 0 Å². The molecule has 1 aliphatic heterocycles. The predicted octanol–water partition coefficient (Wildman–Crippen LogP) is 4.05. The van der Waals surface area contributed by atoms with Crippen LogP contribution in [-0.2, 0) is 24.0 Å². The molecule has 0 bridgehead atoms. The minimum atomic E-state index is -4.43. The first-order chi connectivity index (χ1) is 14.4. The van der Waals surface area contributed by atoms with Crippen LogP contribution in [0.5, 0.6) is 0 Å². The van der Waals surface area contributed by atoms with Crippen molar-refractivity contribution < 1.29 is 22.7 Å². The fourth-order valence-electron chi connectivity index (χ4n) is 3.52. The first kappa shape index (κ1) is 22.1. The number of carbonyl (C=O) groups excluding carboxylic acids is 1. The number of aromatic nitrogens is 2. The normalized spacial score (nSPS) is 16.6. The van der Waals surface area contributed by atoms with E-state index in [1.807, 2.05) is 6.92 Å². The Morgan fingerprint density at radius 1 is 1.37 bits per heavy atom. The van der Waals surface area contributed by atoms with Gasteiger partial charge < -0.3 is 19.5 Å². The molecule has 2 amide bonds. The lowest BCUT2D eigenvalue weighted by molar-refractivity contribution is -0.138. The number of hydrogen-bond acceptors (Lipinski definition) is 3. The molecule has 1 saturated heterocycles. The summed E-state index contributed by atoms with van der Waals surface area (Å²) in [6.45, 7) is 3.83. The Morgan fingerprint density at radius 3 is 2.87 bits per heavy atom. The van der Waals surface area contributed by atoms with Gasteiger partial charge in [-0.2, -0.15) is 13.2 Å². The SMILES string of the molecule is CCCNC(=O)N(Cc1nccn1Cc1ccccc1C(F)(F)F)CC1CCCO1. The fourth-order valence-corrected chi connectivity index (χ4v) is 3.52. The summed E-state index contributed by atoms with van der Waals surface area (Å²) in [5.74, 6) is 0.525. The van der Waals surface area contributed by atoms with Gasteiger partial charge in [0, 0.05) is 38.6 Å². The third-order valence-corrected chi connectivity index (χ3v) is 5.06. The standard InChI is InChI=1S/C21H27F3N4O2/c1-2-9-26-20(29)28(14-17-7-5-12-30-17)15-19-25-10-11-27(19)13-16-6-3-4-8-18(16)21(22,23)24/h3-4,6,8,10-11,17H,2,5,7,9,12-15H2,1H3,(H,26,29). The number of urea groups is 1. The number of hydrogen-bond donors (Lipinski definition) is 1. The summed E-state index contributed by atoms with van der Waals surface area (Å²) in [6, 6.07) is 5.28. The first-order valence-electron chi connectivity index (χ1n) is 10.2. The summed E-state index contributed by atoms with van der Waals surface area (Å²) >= 11 is 0. The molecule has 30 heavy (non-hydrogen) atoms. The van der Waals surface area contributed by atoms with Crippen molar-refractivity contribution in [3.05, 3.63) is 53.6 Å². The van der Waals surface area contributed by atoms with Crippen LogP contribution in [0.2, 0.25) is 0 Å². The van der Waals surface area contributed by atoms with E-state index in [-0.39, 0.29) is 30.8 Å². The van der Waals surface area contributed by atoms with E-state index in [4.69, 9.17) is 4.74 Å². The smallest absolute Gasteiger partial charge is 0.376 e. The molecule has 0 radical (unpaired) electrons. The monoisotopic (exact) mass is 424 g/mol. The topological polar surface area (TPSA) is 59.4 Å². The van der Waals surface area contributed by atoms with E-state index < -0.39 is 11.7 Å².